The van der Waals surface area contributed by atoms with Crippen LogP contribution in [0.15, 0.2) is 18.2 Å². The first-order valence-corrected chi connectivity index (χ1v) is 4.33. The van der Waals surface area contributed by atoms with Gasteiger partial charge < -0.3 is 4.74 Å². The molecule has 4 heteroatoms. The number of ether oxygens (including phenoxy) is 1. The normalized spacial score (nSPS) is 14.4. The lowest BCUT2D eigenvalue weighted by Crippen LogP contribution is -1.97. The van der Waals surface area contributed by atoms with E-state index in [0.717, 1.165) is 3.57 Å². The Morgan fingerprint density at radius 3 is 2.58 bits per heavy atom. The molecule has 1 aromatic rings. The first-order valence-electron chi connectivity index (χ1n) is 3.25. The Labute approximate surface area is 81.9 Å². The molecule has 0 aromatic heterocycles. The van der Waals surface area contributed by atoms with Gasteiger partial charge in [0.25, 0.3) is 0 Å². The van der Waals surface area contributed by atoms with Crippen LogP contribution in [0.5, 0.6) is 0 Å². The molecule has 0 atom stereocenters. The van der Waals surface area contributed by atoms with Gasteiger partial charge in [0.2, 0.25) is 0 Å². The maximum atomic E-state index is 11.0. The van der Waals surface area contributed by atoms with Crippen LogP contribution in [0, 0.1) is 3.57 Å². The summed E-state index contributed by atoms with van der Waals surface area (Å²) in [6.07, 6.45) is 0. The summed E-state index contributed by atoms with van der Waals surface area (Å²) in [6.45, 7) is 0. The molecule has 0 saturated heterocycles. The second kappa shape index (κ2) is 2.55. The zero-order valence-corrected chi connectivity index (χ0v) is 7.99. The molecular weight excluding hydrogens is 271 g/mol. The molecular formula is C8H3IO3. The number of esters is 2. The Morgan fingerprint density at radius 1 is 1.17 bits per heavy atom. The largest absolute Gasteiger partial charge is 0.386 e. The Kier molecular flexibility index (Phi) is 1.64. The van der Waals surface area contributed by atoms with Crippen molar-refractivity contribution >= 4 is 34.5 Å². The number of carbonyl (C=O) groups is 2. The van der Waals surface area contributed by atoms with E-state index in [2.05, 4.69) is 4.74 Å². The van der Waals surface area contributed by atoms with E-state index < -0.39 is 11.9 Å². The highest BCUT2D eigenvalue weighted by Crippen LogP contribution is 2.24. The minimum absolute atomic E-state index is 0.368. The maximum absolute atomic E-state index is 11.0. The summed E-state index contributed by atoms with van der Waals surface area (Å²) in [4.78, 5) is 22.0. The van der Waals surface area contributed by atoms with Crippen molar-refractivity contribution in [3.05, 3.63) is 32.9 Å². The molecule has 1 aliphatic rings. The number of carbonyl (C=O) groups excluding carboxylic acids is 2. The quantitative estimate of drug-likeness (QED) is 0.410. The van der Waals surface area contributed by atoms with Crippen molar-refractivity contribution in [2.24, 2.45) is 0 Å². The summed E-state index contributed by atoms with van der Waals surface area (Å²) in [6, 6.07) is 5.07. The number of rotatable bonds is 0. The molecule has 0 amide bonds. The number of hydrogen-bond donors (Lipinski definition) is 0. The predicted octanol–water partition coefficient (Wildman–Crippen LogP) is 1.60. The van der Waals surface area contributed by atoms with Crippen LogP contribution in [0.1, 0.15) is 20.7 Å². The highest BCUT2D eigenvalue weighted by Gasteiger charge is 2.31. The third-order valence-electron chi connectivity index (χ3n) is 1.62. The van der Waals surface area contributed by atoms with Crippen molar-refractivity contribution in [2.45, 2.75) is 0 Å². The lowest BCUT2D eigenvalue weighted by molar-refractivity contribution is 0.0443. The zero-order valence-electron chi connectivity index (χ0n) is 5.83. The molecule has 0 unspecified atom stereocenters. The molecule has 1 aromatic carbocycles. The Hall–Kier alpha value is -0.910. The fourth-order valence-electron chi connectivity index (χ4n) is 1.09. The molecule has 0 saturated carbocycles. The first kappa shape index (κ1) is 7.72. The summed E-state index contributed by atoms with van der Waals surface area (Å²) in [5.41, 5.74) is 0.759. The smallest absolute Gasteiger partial charge is 0.347 e. The number of halogens is 1. The Morgan fingerprint density at radius 2 is 1.92 bits per heavy atom. The summed E-state index contributed by atoms with van der Waals surface area (Å²) in [5.74, 6) is -1.09. The van der Waals surface area contributed by atoms with E-state index in [1.807, 2.05) is 22.6 Å². The van der Waals surface area contributed by atoms with E-state index in [1.54, 1.807) is 18.2 Å². The average molecular weight is 274 g/mol. The maximum Gasteiger partial charge on any atom is 0.347 e. The molecule has 12 heavy (non-hydrogen) atoms. The number of benzene rings is 1. The highest BCUT2D eigenvalue weighted by molar-refractivity contribution is 14.1. The van der Waals surface area contributed by atoms with E-state index in [0.29, 0.717) is 11.1 Å². The van der Waals surface area contributed by atoms with Gasteiger partial charge in [-0.2, -0.15) is 0 Å². The van der Waals surface area contributed by atoms with Crippen LogP contribution >= 0.6 is 22.6 Å². The van der Waals surface area contributed by atoms with Crippen LogP contribution in [0.25, 0.3) is 0 Å². The van der Waals surface area contributed by atoms with Crippen molar-refractivity contribution in [3.63, 3.8) is 0 Å². The highest BCUT2D eigenvalue weighted by atomic mass is 127. The second-order valence-electron chi connectivity index (χ2n) is 2.34. The molecule has 1 aliphatic heterocycles. The number of hydrogen-bond acceptors (Lipinski definition) is 3. The van der Waals surface area contributed by atoms with E-state index >= 15 is 0 Å². The Bertz CT molecular complexity index is 384. The molecule has 3 nitrogen and oxygen atoms in total. The lowest BCUT2D eigenvalue weighted by Gasteiger charge is -1.93. The van der Waals surface area contributed by atoms with Gasteiger partial charge in [-0.05, 0) is 34.7 Å². The number of cyclic esters (lactones) is 2. The predicted molar refractivity (Wildman–Crippen MR) is 48.9 cm³/mol. The van der Waals surface area contributed by atoms with Crippen molar-refractivity contribution in [1.29, 1.82) is 0 Å². The average Bonchev–Trinajstić information content (AvgIpc) is 2.29. The third kappa shape index (κ3) is 0.945. The van der Waals surface area contributed by atoms with Gasteiger partial charge in [0.05, 0.1) is 11.1 Å². The van der Waals surface area contributed by atoms with Crippen molar-refractivity contribution in [1.82, 2.24) is 0 Å². The SMILES string of the molecule is O=C1OC(=O)c2c(I)cccc21. The molecule has 2 rings (SSSR count). The van der Waals surface area contributed by atoms with E-state index in [-0.39, 0.29) is 0 Å². The van der Waals surface area contributed by atoms with Gasteiger partial charge in [-0.3, -0.25) is 0 Å². The molecule has 1 heterocycles. The van der Waals surface area contributed by atoms with Crippen molar-refractivity contribution in [3.8, 4) is 0 Å². The zero-order chi connectivity index (χ0) is 8.72. The topological polar surface area (TPSA) is 43.4 Å². The Balaban J connectivity index is 2.75. The minimum Gasteiger partial charge on any atom is -0.386 e. The fraction of sp³-hybridized carbons (Fsp3) is 0. The monoisotopic (exact) mass is 274 g/mol. The minimum atomic E-state index is -0.548. The van der Waals surface area contributed by atoms with Crippen LogP contribution in [-0.4, -0.2) is 11.9 Å². The molecule has 0 aliphatic carbocycles. The van der Waals surface area contributed by atoms with Crippen LogP contribution < -0.4 is 0 Å². The van der Waals surface area contributed by atoms with Crippen molar-refractivity contribution in [2.75, 3.05) is 0 Å². The summed E-state index contributed by atoms with van der Waals surface area (Å²) >= 11 is 2.00. The molecule has 60 valence electrons. The molecule has 0 bridgehead atoms. The lowest BCUT2D eigenvalue weighted by atomic mass is 10.1. The molecule has 0 spiro atoms. The van der Waals surface area contributed by atoms with E-state index in [4.69, 9.17) is 0 Å². The third-order valence-corrected chi connectivity index (χ3v) is 2.52. The van der Waals surface area contributed by atoms with Crippen LogP contribution in [-0.2, 0) is 4.74 Å². The van der Waals surface area contributed by atoms with Crippen molar-refractivity contribution < 1.29 is 14.3 Å². The molecule has 0 N–H and O–H groups in total. The van der Waals surface area contributed by atoms with Gasteiger partial charge in [0.15, 0.2) is 0 Å². The molecule has 0 radical (unpaired) electrons. The van der Waals surface area contributed by atoms with Gasteiger partial charge in [-0.25, -0.2) is 9.59 Å². The van der Waals surface area contributed by atoms with Crippen LogP contribution in [0.4, 0.5) is 0 Å². The first-order chi connectivity index (χ1) is 5.70. The van der Waals surface area contributed by atoms with Gasteiger partial charge in [0, 0.05) is 3.57 Å². The van der Waals surface area contributed by atoms with Gasteiger partial charge in [0.1, 0.15) is 0 Å². The summed E-state index contributed by atoms with van der Waals surface area (Å²) in [7, 11) is 0. The van der Waals surface area contributed by atoms with E-state index in [9.17, 15) is 9.59 Å². The van der Waals surface area contributed by atoms with E-state index in [1.165, 1.54) is 0 Å². The standard InChI is InChI=1S/C8H3IO3/c9-5-3-1-2-4-6(5)8(11)12-7(4)10/h1-3H. The fourth-order valence-corrected chi connectivity index (χ4v) is 1.81. The van der Waals surface area contributed by atoms with Gasteiger partial charge >= 0.3 is 11.9 Å². The van der Waals surface area contributed by atoms with Crippen LogP contribution in [0.3, 0.4) is 0 Å². The summed E-state index contributed by atoms with van der Waals surface area (Å²) < 4.78 is 5.18. The van der Waals surface area contributed by atoms with Gasteiger partial charge in [-0.1, -0.05) is 6.07 Å². The summed E-state index contributed by atoms with van der Waals surface area (Å²) in [5, 5.41) is 0. The molecule has 0 fully saturated rings. The van der Waals surface area contributed by atoms with Gasteiger partial charge in [-0.15, -0.1) is 0 Å². The van der Waals surface area contributed by atoms with Crippen LogP contribution in [0.2, 0.25) is 0 Å². The second-order valence-corrected chi connectivity index (χ2v) is 3.50. The number of fused-ring (bicyclic) bond motifs is 1.